The molecule has 0 saturated heterocycles. The normalized spacial score (nSPS) is 14.8. The first kappa shape index (κ1) is 14.2. The Morgan fingerprint density at radius 3 is 2.79 bits per heavy atom. The summed E-state index contributed by atoms with van der Waals surface area (Å²) >= 11 is 1.77. The van der Waals surface area contributed by atoms with Gasteiger partial charge >= 0.3 is 0 Å². The van der Waals surface area contributed by atoms with Crippen molar-refractivity contribution in [1.29, 1.82) is 0 Å². The van der Waals surface area contributed by atoms with E-state index in [0.717, 1.165) is 12.4 Å². The Morgan fingerprint density at radius 2 is 2.26 bits per heavy atom. The highest BCUT2D eigenvalue weighted by molar-refractivity contribution is 7.10. The van der Waals surface area contributed by atoms with Crippen LogP contribution in [-0.2, 0) is 7.05 Å². The van der Waals surface area contributed by atoms with E-state index in [1.807, 2.05) is 19.4 Å². The lowest BCUT2D eigenvalue weighted by molar-refractivity contribution is 0.336. The molecule has 2 heterocycles. The van der Waals surface area contributed by atoms with E-state index in [1.54, 1.807) is 11.3 Å². The van der Waals surface area contributed by atoms with Gasteiger partial charge in [0.25, 0.3) is 0 Å². The molecule has 0 spiro atoms. The summed E-state index contributed by atoms with van der Waals surface area (Å²) in [5.74, 6) is 1.06. The average molecular weight is 278 g/mol. The van der Waals surface area contributed by atoms with Gasteiger partial charge in [0.05, 0.1) is 0 Å². The summed E-state index contributed by atoms with van der Waals surface area (Å²) in [6, 6.07) is 4.82. The lowest BCUT2D eigenvalue weighted by Crippen LogP contribution is -2.39. The number of nitrogens with zero attached hydrogens (tertiary/aromatic N) is 3. The third-order valence-electron chi connectivity index (χ3n) is 3.03. The minimum absolute atomic E-state index is 0.162. The molecule has 2 aromatic heterocycles. The zero-order valence-electron chi connectivity index (χ0n) is 12.0. The number of nitrogens with one attached hydrogen (secondary N) is 1. The van der Waals surface area contributed by atoms with Crippen LogP contribution in [0.3, 0.4) is 0 Å². The molecule has 0 radical (unpaired) electrons. The van der Waals surface area contributed by atoms with Crippen molar-refractivity contribution >= 4 is 11.3 Å². The Kier molecular flexibility index (Phi) is 4.74. The highest BCUT2D eigenvalue weighted by Crippen LogP contribution is 2.25. The summed E-state index contributed by atoms with van der Waals surface area (Å²) in [6.07, 6.45) is 3.85. The molecule has 0 amide bonds. The Balaban J connectivity index is 2.19. The molecule has 19 heavy (non-hydrogen) atoms. The number of rotatable bonds is 6. The number of likely N-dealkylation sites (N-methyl/N-ethyl adjacent to an activating group) is 1. The van der Waals surface area contributed by atoms with Crippen LogP contribution in [0, 0.1) is 0 Å². The van der Waals surface area contributed by atoms with Crippen molar-refractivity contribution in [2.75, 3.05) is 20.6 Å². The lowest BCUT2D eigenvalue weighted by atomic mass is 10.2. The van der Waals surface area contributed by atoms with Gasteiger partial charge in [-0.15, -0.1) is 11.3 Å². The van der Waals surface area contributed by atoms with Crippen molar-refractivity contribution < 1.29 is 0 Å². The number of thiophene rings is 1. The largest absolute Gasteiger partial charge is 0.336 e. The van der Waals surface area contributed by atoms with E-state index >= 15 is 0 Å². The van der Waals surface area contributed by atoms with Crippen molar-refractivity contribution in [3.63, 3.8) is 0 Å². The molecule has 0 aliphatic rings. The van der Waals surface area contributed by atoms with Crippen LogP contribution in [0.4, 0.5) is 0 Å². The smallest absolute Gasteiger partial charge is 0.131 e. The van der Waals surface area contributed by atoms with Gasteiger partial charge in [-0.05, 0) is 32.5 Å². The van der Waals surface area contributed by atoms with E-state index in [0.29, 0.717) is 6.04 Å². The number of aromatic nitrogens is 2. The topological polar surface area (TPSA) is 33.1 Å². The van der Waals surface area contributed by atoms with Crippen LogP contribution < -0.4 is 5.32 Å². The van der Waals surface area contributed by atoms with Crippen molar-refractivity contribution in [3.05, 3.63) is 40.6 Å². The summed E-state index contributed by atoms with van der Waals surface area (Å²) in [6.45, 7) is 3.22. The molecular weight excluding hydrogens is 256 g/mol. The van der Waals surface area contributed by atoms with Crippen molar-refractivity contribution in [3.8, 4) is 0 Å². The zero-order chi connectivity index (χ0) is 13.8. The predicted molar refractivity (Wildman–Crippen MR) is 80.5 cm³/mol. The first-order valence-electron chi connectivity index (χ1n) is 6.49. The maximum absolute atomic E-state index is 4.50. The van der Waals surface area contributed by atoms with E-state index in [1.165, 1.54) is 4.88 Å². The Morgan fingerprint density at radius 1 is 1.47 bits per heavy atom. The first-order valence-corrected chi connectivity index (χ1v) is 7.37. The number of imidazole rings is 1. The van der Waals surface area contributed by atoms with Gasteiger partial charge in [-0.2, -0.15) is 0 Å². The third-order valence-corrected chi connectivity index (χ3v) is 3.97. The van der Waals surface area contributed by atoms with Crippen LogP contribution in [0.5, 0.6) is 0 Å². The third kappa shape index (κ3) is 3.65. The first-order chi connectivity index (χ1) is 9.08. The van der Waals surface area contributed by atoms with E-state index in [4.69, 9.17) is 0 Å². The predicted octanol–water partition coefficient (Wildman–Crippen LogP) is 2.11. The molecule has 5 heteroatoms. The number of hydrogen-bond acceptors (Lipinski definition) is 4. The van der Waals surface area contributed by atoms with Gasteiger partial charge in [0.2, 0.25) is 0 Å². The molecule has 0 aliphatic heterocycles. The summed E-state index contributed by atoms with van der Waals surface area (Å²) < 4.78 is 2.08. The van der Waals surface area contributed by atoms with E-state index < -0.39 is 0 Å². The number of hydrogen-bond donors (Lipinski definition) is 1. The van der Waals surface area contributed by atoms with Gasteiger partial charge in [0.1, 0.15) is 11.9 Å². The fourth-order valence-corrected chi connectivity index (χ4v) is 3.06. The fourth-order valence-electron chi connectivity index (χ4n) is 2.28. The van der Waals surface area contributed by atoms with Crippen molar-refractivity contribution in [2.24, 2.45) is 7.05 Å². The van der Waals surface area contributed by atoms with Crippen LogP contribution in [-0.4, -0.2) is 41.1 Å². The minimum Gasteiger partial charge on any atom is -0.336 e. The van der Waals surface area contributed by atoms with Crippen LogP contribution >= 0.6 is 11.3 Å². The molecule has 2 aromatic rings. The highest BCUT2D eigenvalue weighted by Gasteiger charge is 2.21. The van der Waals surface area contributed by atoms with Gasteiger partial charge in [0, 0.05) is 36.9 Å². The van der Waals surface area contributed by atoms with Crippen LogP contribution in [0.2, 0.25) is 0 Å². The molecule has 2 unspecified atom stereocenters. The minimum atomic E-state index is 0.162. The fraction of sp³-hybridized carbons (Fsp3) is 0.500. The Labute approximate surface area is 119 Å². The maximum atomic E-state index is 4.50. The van der Waals surface area contributed by atoms with Crippen LogP contribution in [0.15, 0.2) is 29.9 Å². The highest BCUT2D eigenvalue weighted by atomic mass is 32.1. The SMILES string of the molecule is CC(CN(C)C)NC(c1cccs1)c1nccn1C. The molecule has 4 nitrogen and oxygen atoms in total. The van der Waals surface area contributed by atoms with Crippen LogP contribution in [0.1, 0.15) is 23.7 Å². The summed E-state index contributed by atoms with van der Waals surface area (Å²) in [5, 5.41) is 5.79. The maximum Gasteiger partial charge on any atom is 0.131 e. The molecule has 0 fully saturated rings. The van der Waals surface area contributed by atoms with Gasteiger partial charge < -0.3 is 9.47 Å². The molecule has 0 bridgehead atoms. The molecule has 0 aromatic carbocycles. The van der Waals surface area contributed by atoms with Gasteiger partial charge in [0.15, 0.2) is 0 Å². The second kappa shape index (κ2) is 6.32. The molecular formula is C14H22N4S. The molecule has 0 saturated carbocycles. The molecule has 1 N–H and O–H groups in total. The summed E-state index contributed by atoms with van der Waals surface area (Å²) in [4.78, 5) is 8.00. The molecule has 2 rings (SSSR count). The van der Waals surface area contributed by atoms with E-state index in [-0.39, 0.29) is 6.04 Å². The van der Waals surface area contributed by atoms with Crippen molar-refractivity contribution in [1.82, 2.24) is 19.8 Å². The van der Waals surface area contributed by atoms with Crippen LogP contribution in [0.25, 0.3) is 0 Å². The van der Waals surface area contributed by atoms with Gasteiger partial charge in [-0.25, -0.2) is 4.98 Å². The lowest BCUT2D eigenvalue weighted by Gasteiger charge is -2.24. The van der Waals surface area contributed by atoms with E-state index in [9.17, 15) is 0 Å². The molecule has 104 valence electrons. The molecule has 2 atom stereocenters. The summed E-state index contributed by atoms with van der Waals surface area (Å²) in [5.41, 5.74) is 0. The second-order valence-corrected chi connectivity index (χ2v) is 6.15. The Bertz CT molecular complexity index is 489. The molecule has 0 aliphatic carbocycles. The monoisotopic (exact) mass is 278 g/mol. The quantitative estimate of drug-likeness (QED) is 0.878. The standard InChI is InChI=1S/C14H22N4S/c1-11(10-17(2)3)16-13(12-6-5-9-19-12)14-15-7-8-18(14)4/h5-9,11,13,16H,10H2,1-4H3. The van der Waals surface area contributed by atoms with Gasteiger partial charge in [-0.3, -0.25) is 5.32 Å². The van der Waals surface area contributed by atoms with E-state index in [2.05, 4.69) is 58.3 Å². The average Bonchev–Trinajstić information content (AvgIpc) is 2.96. The second-order valence-electron chi connectivity index (χ2n) is 5.17. The van der Waals surface area contributed by atoms with Gasteiger partial charge in [-0.1, -0.05) is 6.07 Å². The number of aryl methyl sites for hydroxylation is 1. The summed E-state index contributed by atoms with van der Waals surface area (Å²) in [7, 11) is 6.24. The van der Waals surface area contributed by atoms with Crippen molar-refractivity contribution in [2.45, 2.75) is 19.0 Å². The zero-order valence-corrected chi connectivity index (χ0v) is 12.8. The Hall–Kier alpha value is -1.17.